The van der Waals surface area contributed by atoms with E-state index in [2.05, 4.69) is 15.9 Å². The van der Waals surface area contributed by atoms with E-state index in [1.165, 1.54) is 0 Å². The lowest BCUT2D eigenvalue weighted by atomic mass is 10.2. The predicted octanol–water partition coefficient (Wildman–Crippen LogP) is 4.35. The molecule has 4 heteroatoms. The minimum absolute atomic E-state index is 0.432. The van der Waals surface area contributed by atoms with Crippen LogP contribution in [0.4, 0.5) is 0 Å². The Bertz CT molecular complexity index is 531. The number of hydrogen-bond acceptors (Lipinski definition) is 2. The van der Waals surface area contributed by atoms with Gasteiger partial charge in [-0.05, 0) is 24.3 Å². The molecule has 2 nitrogen and oxygen atoms in total. The van der Waals surface area contributed by atoms with E-state index in [4.69, 9.17) is 22.1 Å². The van der Waals surface area contributed by atoms with Gasteiger partial charge < -0.3 is 10.5 Å². The second-order valence-electron chi connectivity index (χ2n) is 3.49. The second-order valence-corrected chi connectivity index (χ2v) is 4.81. The van der Waals surface area contributed by atoms with Crippen molar-refractivity contribution < 1.29 is 4.74 Å². The topological polar surface area (TPSA) is 35.2 Å². The fraction of sp³-hybridized carbons (Fsp3) is 0.0769. The SMILES string of the molecule is NCc1ccccc1Oc1cc(Br)ccc1Cl. The summed E-state index contributed by atoms with van der Waals surface area (Å²) >= 11 is 9.45. The van der Waals surface area contributed by atoms with E-state index in [0.29, 0.717) is 17.3 Å². The first kappa shape index (κ1) is 12.4. The molecule has 17 heavy (non-hydrogen) atoms. The average Bonchev–Trinajstić information content (AvgIpc) is 2.34. The summed E-state index contributed by atoms with van der Waals surface area (Å²) in [6, 6.07) is 13.1. The minimum Gasteiger partial charge on any atom is -0.455 e. The van der Waals surface area contributed by atoms with Gasteiger partial charge >= 0.3 is 0 Å². The van der Waals surface area contributed by atoms with Crippen LogP contribution in [0.2, 0.25) is 5.02 Å². The molecule has 0 aliphatic heterocycles. The van der Waals surface area contributed by atoms with Crippen molar-refractivity contribution >= 4 is 27.5 Å². The summed E-state index contributed by atoms with van der Waals surface area (Å²) < 4.78 is 6.69. The average molecular weight is 313 g/mol. The summed E-state index contributed by atoms with van der Waals surface area (Å²) in [5.41, 5.74) is 6.60. The molecule has 0 radical (unpaired) electrons. The van der Waals surface area contributed by atoms with E-state index >= 15 is 0 Å². The smallest absolute Gasteiger partial charge is 0.147 e. The van der Waals surface area contributed by atoms with Crippen molar-refractivity contribution in [3.05, 3.63) is 57.5 Å². The lowest BCUT2D eigenvalue weighted by molar-refractivity contribution is 0.476. The van der Waals surface area contributed by atoms with Gasteiger partial charge in [0.2, 0.25) is 0 Å². The van der Waals surface area contributed by atoms with Crippen LogP contribution in [-0.4, -0.2) is 0 Å². The van der Waals surface area contributed by atoms with Crippen LogP contribution in [0.25, 0.3) is 0 Å². The molecule has 88 valence electrons. The molecule has 0 bridgehead atoms. The van der Waals surface area contributed by atoms with Gasteiger partial charge in [-0.15, -0.1) is 0 Å². The van der Waals surface area contributed by atoms with Crippen molar-refractivity contribution in [1.82, 2.24) is 0 Å². The number of nitrogens with two attached hydrogens (primary N) is 1. The van der Waals surface area contributed by atoms with Crippen LogP contribution in [0.15, 0.2) is 46.9 Å². The number of para-hydroxylation sites is 1. The Morgan fingerprint density at radius 3 is 2.65 bits per heavy atom. The van der Waals surface area contributed by atoms with Gasteiger partial charge in [-0.2, -0.15) is 0 Å². The summed E-state index contributed by atoms with van der Waals surface area (Å²) in [4.78, 5) is 0. The first-order valence-corrected chi connectivity index (χ1v) is 6.28. The highest BCUT2D eigenvalue weighted by atomic mass is 79.9. The van der Waals surface area contributed by atoms with E-state index in [-0.39, 0.29) is 0 Å². The number of benzene rings is 2. The first-order valence-electron chi connectivity index (χ1n) is 5.11. The summed E-state index contributed by atoms with van der Waals surface area (Å²) in [5.74, 6) is 1.34. The molecule has 0 fully saturated rings. The molecule has 0 spiro atoms. The normalized spacial score (nSPS) is 10.3. The predicted molar refractivity (Wildman–Crippen MR) is 73.6 cm³/mol. The van der Waals surface area contributed by atoms with Crippen LogP contribution in [0.1, 0.15) is 5.56 Å². The summed E-state index contributed by atoms with van der Waals surface area (Å²) in [6.45, 7) is 0.432. The molecule has 2 aromatic carbocycles. The van der Waals surface area contributed by atoms with Crippen LogP contribution in [0.5, 0.6) is 11.5 Å². The molecule has 0 atom stereocenters. The maximum Gasteiger partial charge on any atom is 0.147 e. The van der Waals surface area contributed by atoms with E-state index in [1.54, 1.807) is 6.07 Å². The Hall–Kier alpha value is -1.03. The second kappa shape index (κ2) is 5.54. The molecule has 0 saturated carbocycles. The molecule has 0 amide bonds. The highest BCUT2D eigenvalue weighted by Crippen LogP contribution is 2.33. The summed E-state index contributed by atoms with van der Waals surface area (Å²) in [7, 11) is 0. The van der Waals surface area contributed by atoms with Crippen molar-refractivity contribution in [2.75, 3.05) is 0 Å². The zero-order chi connectivity index (χ0) is 12.3. The van der Waals surface area contributed by atoms with Crippen LogP contribution >= 0.6 is 27.5 Å². The number of halogens is 2. The molecule has 0 saturated heterocycles. The van der Waals surface area contributed by atoms with Crippen LogP contribution in [-0.2, 0) is 6.54 Å². The Morgan fingerprint density at radius 1 is 1.12 bits per heavy atom. The molecular formula is C13H11BrClNO. The Morgan fingerprint density at radius 2 is 1.88 bits per heavy atom. The van der Waals surface area contributed by atoms with Gasteiger partial charge in [-0.1, -0.05) is 45.7 Å². The minimum atomic E-state index is 0.432. The molecule has 0 aliphatic carbocycles. The van der Waals surface area contributed by atoms with E-state index in [1.807, 2.05) is 36.4 Å². The van der Waals surface area contributed by atoms with Crippen LogP contribution in [0.3, 0.4) is 0 Å². The van der Waals surface area contributed by atoms with Gasteiger partial charge in [0.1, 0.15) is 11.5 Å². The quantitative estimate of drug-likeness (QED) is 0.914. The summed E-state index contributed by atoms with van der Waals surface area (Å²) in [5, 5.41) is 0.569. The maximum absolute atomic E-state index is 6.06. The molecule has 0 aromatic heterocycles. The third-order valence-electron chi connectivity index (χ3n) is 2.31. The van der Waals surface area contributed by atoms with Gasteiger partial charge in [0.25, 0.3) is 0 Å². The van der Waals surface area contributed by atoms with Gasteiger partial charge in [0.15, 0.2) is 0 Å². The Balaban J connectivity index is 2.34. The zero-order valence-electron chi connectivity index (χ0n) is 8.99. The largest absolute Gasteiger partial charge is 0.455 e. The molecule has 2 aromatic rings. The van der Waals surface area contributed by atoms with E-state index in [0.717, 1.165) is 15.8 Å². The standard InChI is InChI=1S/C13H11BrClNO/c14-10-5-6-11(15)13(7-10)17-12-4-2-1-3-9(12)8-16/h1-7H,8,16H2. The fourth-order valence-corrected chi connectivity index (χ4v) is 1.94. The third kappa shape index (κ3) is 3.00. The first-order chi connectivity index (χ1) is 8.20. The van der Waals surface area contributed by atoms with Crippen molar-refractivity contribution in [2.24, 2.45) is 5.73 Å². The third-order valence-corrected chi connectivity index (χ3v) is 3.11. The van der Waals surface area contributed by atoms with Gasteiger partial charge in [-0.3, -0.25) is 0 Å². The number of rotatable bonds is 3. The molecule has 0 heterocycles. The van der Waals surface area contributed by atoms with Crippen LogP contribution in [0, 0.1) is 0 Å². The van der Waals surface area contributed by atoms with Crippen molar-refractivity contribution in [1.29, 1.82) is 0 Å². The number of hydrogen-bond donors (Lipinski definition) is 1. The highest BCUT2D eigenvalue weighted by Gasteiger charge is 2.06. The van der Waals surface area contributed by atoms with Crippen molar-refractivity contribution in [2.45, 2.75) is 6.54 Å². The van der Waals surface area contributed by atoms with E-state index in [9.17, 15) is 0 Å². The molecule has 2 N–H and O–H groups in total. The molecular weight excluding hydrogens is 302 g/mol. The Labute approximate surface area is 113 Å². The van der Waals surface area contributed by atoms with Crippen molar-refractivity contribution in [3.8, 4) is 11.5 Å². The maximum atomic E-state index is 6.06. The van der Waals surface area contributed by atoms with Gasteiger partial charge in [0.05, 0.1) is 5.02 Å². The van der Waals surface area contributed by atoms with Crippen molar-refractivity contribution in [3.63, 3.8) is 0 Å². The lowest BCUT2D eigenvalue weighted by Crippen LogP contribution is -1.99. The van der Waals surface area contributed by atoms with E-state index < -0.39 is 0 Å². The Kier molecular flexibility index (Phi) is 4.05. The summed E-state index contributed by atoms with van der Waals surface area (Å²) in [6.07, 6.45) is 0. The highest BCUT2D eigenvalue weighted by molar-refractivity contribution is 9.10. The molecule has 0 aliphatic rings. The lowest BCUT2D eigenvalue weighted by Gasteiger charge is -2.11. The fourth-order valence-electron chi connectivity index (χ4n) is 1.45. The van der Waals surface area contributed by atoms with Gasteiger partial charge in [0, 0.05) is 16.6 Å². The number of ether oxygens (including phenoxy) is 1. The zero-order valence-corrected chi connectivity index (χ0v) is 11.3. The monoisotopic (exact) mass is 311 g/mol. The van der Waals surface area contributed by atoms with Gasteiger partial charge in [-0.25, -0.2) is 0 Å². The molecule has 0 unspecified atom stereocenters. The molecule has 2 rings (SSSR count). The van der Waals surface area contributed by atoms with Crippen LogP contribution < -0.4 is 10.5 Å².